The van der Waals surface area contributed by atoms with E-state index in [0.29, 0.717) is 11.8 Å². The largest absolute Gasteiger partial charge is 0.339 e. The van der Waals surface area contributed by atoms with Crippen molar-refractivity contribution in [2.75, 3.05) is 32.7 Å². The van der Waals surface area contributed by atoms with Gasteiger partial charge in [-0.1, -0.05) is 12.1 Å². The van der Waals surface area contributed by atoms with Gasteiger partial charge in [-0.15, -0.1) is 0 Å². The number of piperidine rings is 2. The Hall–Kier alpha value is -0.940. The highest BCUT2D eigenvalue weighted by molar-refractivity contribution is 4.98. The van der Waals surface area contributed by atoms with E-state index in [-0.39, 0.29) is 0 Å². The van der Waals surface area contributed by atoms with Gasteiger partial charge in [-0.25, -0.2) is 0 Å². The molecule has 2 fully saturated rings. The van der Waals surface area contributed by atoms with Crippen LogP contribution in [-0.4, -0.2) is 47.8 Å². The van der Waals surface area contributed by atoms with Crippen molar-refractivity contribution in [3.05, 3.63) is 11.7 Å². The van der Waals surface area contributed by atoms with E-state index in [4.69, 9.17) is 4.52 Å². The maximum atomic E-state index is 5.48. The molecule has 2 aliphatic heterocycles. The average molecular weight is 278 g/mol. The van der Waals surface area contributed by atoms with Crippen molar-refractivity contribution >= 4 is 0 Å². The summed E-state index contributed by atoms with van der Waals surface area (Å²) < 4.78 is 5.48. The third-order valence-electron chi connectivity index (χ3n) is 4.65. The molecule has 0 saturated carbocycles. The molecule has 1 aromatic rings. The van der Waals surface area contributed by atoms with Crippen LogP contribution in [-0.2, 0) is 6.42 Å². The molecule has 3 rings (SSSR count). The Morgan fingerprint density at radius 1 is 1.35 bits per heavy atom. The van der Waals surface area contributed by atoms with Crippen LogP contribution in [0.1, 0.15) is 50.2 Å². The van der Waals surface area contributed by atoms with Gasteiger partial charge in [-0.2, -0.15) is 4.98 Å². The Kier molecular flexibility index (Phi) is 4.68. The Morgan fingerprint density at radius 3 is 3.10 bits per heavy atom. The van der Waals surface area contributed by atoms with Crippen molar-refractivity contribution in [3.63, 3.8) is 0 Å². The molecule has 20 heavy (non-hydrogen) atoms. The van der Waals surface area contributed by atoms with Crippen LogP contribution >= 0.6 is 0 Å². The zero-order valence-electron chi connectivity index (χ0n) is 12.5. The zero-order chi connectivity index (χ0) is 13.8. The van der Waals surface area contributed by atoms with Gasteiger partial charge in [-0.3, -0.25) is 0 Å². The lowest BCUT2D eigenvalue weighted by molar-refractivity contribution is 0.180. The molecular formula is C15H26N4O. The Morgan fingerprint density at radius 2 is 2.30 bits per heavy atom. The third-order valence-corrected chi connectivity index (χ3v) is 4.65. The summed E-state index contributed by atoms with van der Waals surface area (Å²) in [6.07, 6.45) is 5.94. The number of rotatable bonds is 4. The summed E-state index contributed by atoms with van der Waals surface area (Å²) in [7, 11) is 0. The fourth-order valence-electron chi connectivity index (χ4n) is 3.44. The summed E-state index contributed by atoms with van der Waals surface area (Å²) in [4.78, 5) is 7.17. The van der Waals surface area contributed by atoms with Crippen LogP contribution in [0.5, 0.6) is 0 Å². The predicted molar refractivity (Wildman–Crippen MR) is 77.7 cm³/mol. The molecular weight excluding hydrogens is 252 g/mol. The Labute approximate surface area is 121 Å². The smallest absolute Gasteiger partial charge is 0.231 e. The summed E-state index contributed by atoms with van der Waals surface area (Å²) in [5, 5.41) is 7.61. The van der Waals surface area contributed by atoms with Crippen molar-refractivity contribution in [2.45, 2.75) is 44.9 Å². The van der Waals surface area contributed by atoms with Crippen LogP contribution in [0.4, 0.5) is 0 Å². The van der Waals surface area contributed by atoms with Gasteiger partial charge in [0.05, 0.1) is 5.92 Å². The molecule has 0 spiro atoms. The summed E-state index contributed by atoms with van der Waals surface area (Å²) in [6, 6.07) is 0. The maximum Gasteiger partial charge on any atom is 0.231 e. The van der Waals surface area contributed by atoms with E-state index in [1.807, 2.05) is 0 Å². The average Bonchev–Trinajstić information content (AvgIpc) is 2.97. The molecule has 5 nitrogen and oxygen atoms in total. The van der Waals surface area contributed by atoms with Crippen LogP contribution in [0.2, 0.25) is 0 Å². The molecule has 0 radical (unpaired) electrons. The van der Waals surface area contributed by atoms with Crippen molar-refractivity contribution < 1.29 is 4.52 Å². The summed E-state index contributed by atoms with van der Waals surface area (Å²) in [6.45, 7) is 7.93. The van der Waals surface area contributed by atoms with E-state index < -0.39 is 0 Å². The molecule has 2 unspecified atom stereocenters. The maximum absolute atomic E-state index is 5.48. The van der Waals surface area contributed by atoms with E-state index >= 15 is 0 Å². The Balaban J connectivity index is 1.56. The summed E-state index contributed by atoms with van der Waals surface area (Å²) >= 11 is 0. The van der Waals surface area contributed by atoms with Crippen molar-refractivity contribution in [1.82, 2.24) is 20.4 Å². The lowest BCUT2D eigenvalue weighted by atomic mass is 9.94. The highest BCUT2D eigenvalue weighted by atomic mass is 16.5. The van der Waals surface area contributed by atoms with Crippen molar-refractivity contribution in [2.24, 2.45) is 5.92 Å². The van der Waals surface area contributed by atoms with Crippen LogP contribution in [0.25, 0.3) is 0 Å². The zero-order valence-corrected chi connectivity index (χ0v) is 12.5. The molecule has 2 atom stereocenters. The molecule has 112 valence electrons. The minimum absolute atomic E-state index is 0.420. The standard InChI is InChI=1S/C15H26N4O/c1-2-19-8-4-5-12(11-19)9-14-17-15(20-18-14)13-6-3-7-16-10-13/h12-13,16H,2-11H2,1H3. The fraction of sp³-hybridized carbons (Fsp3) is 0.867. The molecule has 2 aliphatic rings. The van der Waals surface area contributed by atoms with Gasteiger partial charge in [0.2, 0.25) is 5.89 Å². The van der Waals surface area contributed by atoms with E-state index in [1.54, 1.807) is 0 Å². The summed E-state index contributed by atoms with van der Waals surface area (Å²) in [5.74, 6) is 2.87. The van der Waals surface area contributed by atoms with Gasteiger partial charge in [0.25, 0.3) is 0 Å². The van der Waals surface area contributed by atoms with Crippen LogP contribution in [0, 0.1) is 5.92 Å². The quantitative estimate of drug-likeness (QED) is 0.910. The molecule has 3 heterocycles. The van der Waals surface area contributed by atoms with Gasteiger partial charge in [0, 0.05) is 19.5 Å². The summed E-state index contributed by atoms with van der Waals surface area (Å²) in [5.41, 5.74) is 0. The second-order valence-corrected chi connectivity index (χ2v) is 6.20. The number of hydrogen-bond donors (Lipinski definition) is 1. The van der Waals surface area contributed by atoms with Gasteiger partial charge >= 0.3 is 0 Å². The van der Waals surface area contributed by atoms with Crippen molar-refractivity contribution in [3.8, 4) is 0 Å². The number of hydrogen-bond acceptors (Lipinski definition) is 5. The minimum Gasteiger partial charge on any atom is -0.339 e. The molecule has 2 saturated heterocycles. The lowest BCUT2D eigenvalue weighted by Gasteiger charge is -2.31. The van der Waals surface area contributed by atoms with Crippen LogP contribution in [0.15, 0.2) is 4.52 Å². The van der Waals surface area contributed by atoms with Crippen molar-refractivity contribution in [1.29, 1.82) is 0 Å². The van der Waals surface area contributed by atoms with Gasteiger partial charge < -0.3 is 14.7 Å². The molecule has 1 N–H and O–H groups in total. The minimum atomic E-state index is 0.420. The highest BCUT2D eigenvalue weighted by Crippen LogP contribution is 2.23. The first kappa shape index (κ1) is 14.0. The molecule has 0 bridgehead atoms. The van der Waals surface area contributed by atoms with Gasteiger partial charge in [-0.05, 0) is 51.2 Å². The normalized spacial score (nSPS) is 28.6. The van der Waals surface area contributed by atoms with E-state index in [9.17, 15) is 0 Å². The molecule has 0 aromatic carbocycles. The first-order chi connectivity index (χ1) is 9.85. The van der Waals surface area contributed by atoms with E-state index in [1.165, 1.54) is 38.8 Å². The number of nitrogens with zero attached hydrogens (tertiary/aromatic N) is 3. The second kappa shape index (κ2) is 6.68. The van der Waals surface area contributed by atoms with Crippen LogP contribution < -0.4 is 5.32 Å². The van der Waals surface area contributed by atoms with Gasteiger partial charge in [0.1, 0.15) is 0 Å². The molecule has 1 aromatic heterocycles. The highest BCUT2D eigenvalue weighted by Gasteiger charge is 2.24. The van der Waals surface area contributed by atoms with Crippen LogP contribution in [0.3, 0.4) is 0 Å². The SMILES string of the molecule is CCN1CCCC(Cc2noc(C3CCCNC3)n2)C1. The number of nitrogens with one attached hydrogen (secondary N) is 1. The first-order valence-corrected chi connectivity index (χ1v) is 8.10. The topological polar surface area (TPSA) is 54.2 Å². The van der Waals surface area contributed by atoms with E-state index in [2.05, 4.69) is 27.3 Å². The molecule has 0 aliphatic carbocycles. The fourth-order valence-corrected chi connectivity index (χ4v) is 3.44. The first-order valence-electron chi connectivity index (χ1n) is 8.10. The second-order valence-electron chi connectivity index (χ2n) is 6.20. The third kappa shape index (κ3) is 3.38. The van der Waals surface area contributed by atoms with Gasteiger partial charge in [0.15, 0.2) is 5.82 Å². The molecule has 0 amide bonds. The predicted octanol–water partition coefficient (Wildman–Crippen LogP) is 1.81. The lowest BCUT2D eigenvalue weighted by Crippen LogP contribution is -2.36. The monoisotopic (exact) mass is 278 g/mol. The van der Waals surface area contributed by atoms with E-state index in [0.717, 1.165) is 37.8 Å². The number of aromatic nitrogens is 2. The number of likely N-dealkylation sites (tertiary alicyclic amines) is 1. The Bertz CT molecular complexity index is 414. The molecule has 5 heteroatoms.